The summed E-state index contributed by atoms with van der Waals surface area (Å²) in [5.74, 6) is -3.56. The highest BCUT2D eigenvalue weighted by atomic mass is 35.5. The molecule has 3 fully saturated rings. The van der Waals surface area contributed by atoms with Gasteiger partial charge in [-0.05, 0) is 85.2 Å². The van der Waals surface area contributed by atoms with Crippen LogP contribution in [-0.2, 0) is 20.6 Å². The number of benzene rings is 3. The lowest BCUT2D eigenvalue weighted by Crippen LogP contribution is -2.42. The molecule has 3 heterocycles. The summed E-state index contributed by atoms with van der Waals surface area (Å²) in [6, 6.07) is 16.7. The standard InChI is InChI=1S/C36H29ClF3N3O6S2/c1-2-48-24-13-16(7-12-23(24)49-15-25(44)41-18-10-8-17(37)9-11-18)26-27-19-14-20(30(27)50-32-31(26)51-35(47)42-32)29-28(19)33(45)43(34(29)46)22-6-4-3-5-21(22)36(38,39)40/h3-13,19-20,26-30H,2,14-15H2,1H3,(H,41,44)(H,42,47)/t19?,20?,26-,27?,28?,29?,30?/m1/s1. The van der Waals surface area contributed by atoms with Gasteiger partial charge in [0.1, 0.15) is 0 Å². The predicted octanol–water partition coefficient (Wildman–Crippen LogP) is 7.20. The summed E-state index contributed by atoms with van der Waals surface area (Å²) in [5, 5.41) is 3.80. The number of alkyl halides is 3. The second-order valence-corrected chi connectivity index (χ2v) is 15.6. The number of hydrogen-bond acceptors (Lipinski definition) is 8. The monoisotopic (exact) mass is 755 g/mol. The smallest absolute Gasteiger partial charge is 0.418 e. The third kappa shape index (κ3) is 5.71. The molecular formula is C36H29ClF3N3O6S2. The van der Waals surface area contributed by atoms with Gasteiger partial charge in [0.2, 0.25) is 11.8 Å². The van der Waals surface area contributed by atoms with E-state index in [1.54, 1.807) is 30.3 Å². The number of nitrogens with zero attached hydrogens (tertiary/aromatic N) is 1. The summed E-state index contributed by atoms with van der Waals surface area (Å²) < 4.78 is 53.9. The number of aromatic nitrogens is 1. The number of hydrogen-bond donors (Lipinski definition) is 2. The normalized spacial score (nSPS) is 26.1. The molecule has 4 aliphatic rings. The van der Waals surface area contributed by atoms with E-state index in [2.05, 4.69) is 10.3 Å². The number of para-hydroxylation sites is 1. The Bertz CT molecular complexity index is 2120. The van der Waals surface area contributed by atoms with E-state index in [9.17, 15) is 32.3 Å². The van der Waals surface area contributed by atoms with Crippen molar-refractivity contribution in [2.45, 2.75) is 35.7 Å². The summed E-state index contributed by atoms with van der Waals surface area (Å²) in [6.45, 7) is 1.81. The minimum Gasteiger partial charge on any atom is -0.490 e. The van der Waals surface area contributed by atoms with E-state index in [1.807, 2.05) is 19.1 Å². The second-order valence-electron chi connectivity index (χ2n) is 13.0. The molecule has 0 spiro atoms. The van der Waals surface area contributed by atoms with Crippen LogP contribution in [0.1, 0.15) is 35.3 Å². The number of thiazole rings is 1. The summed E-state index contributed by atoms with van der Waals surface area (Å²) in [7, 11) is 0. The molecule has 1 aromatic heterocycles. The van der Waals surface area contributed by atoms with Gasteiger partial charge in [0.25, 0.3) is 5.91 Å². The molecule has 6 unspecified atom stereocenters. The van der Waals surface area contributed by atoms with Gasteiger partial charge in [-0.25, -0.2) is 4.90 Å². The van der Waals surface area contributed by atoms with E-state index in [4.69, 9.17) is 21.1 Å². The van der Waals surface area contributed by atoms with Crippen LogP contribution in [0.2, 0.25) is 5.02 Å². The van der Waals surface area contributed by atoms with Gasteiger partial charge in [-0.2, -0.15) is 13.2 Å². The molecule has 9 nitrogen and oxygen atoms in total. The number of thioether (sulfide) groups is 1. The second kappa shape index (κ2) is 12.7. The molecule has 1 saturated heterocycles. The van der Waals surface area contributed by atoms with Crippen LogP contribution in [0.25, 0.3) is 0 Å². The van der Waals surface area contributed by atoms with Crippen molar-refractivity contribution in [3.63, 3.8) is 0 Å². The fourth-order valence-corrected chi connectivity index (χ4v) is 11.5. The van der Waals surface area contributed by atoms with Crippen molar-refractivity contribution in [3.8, 4) is 11.5 Å². The van der Waals surface area contributed by atoms with Crippen molar-refractivity contribution in [2.24, 2.45) is 29.6 Å². The first-order valence-electron chi connectivity index (χ1n) is 16.3. The average molecular weight is 756 g/mol. The SMILES string of the molecule is CCOc1cc([C@H]2c3sc(=O)[nH]c3SC3C4CC(C5C(=O)N(c6ccccc6C(F)(F)F)C(=O)C45)C32)ccc1OCC(=O)Nc1ccc(Cl)cc1. The molecular weight excluding hydrogens is 727 g/mol. The number of fused-ring (bicyclic) bond motifs is 9. The minimum absolute atomic E-state index is 0.170. The van der Waals surface area contributed by atoms with Crippen molar-refractivity contribution in [1.29, 1.82) is 0 Å². The Kier molecular flexibility index (Phi) is 8.46. The average Bonchev–Trinajstić information content (AvgIpc) is 3.83. The third-order valence-electron chi connectivity index (χ3n) is 10.3. The topological polar surface area (TPSA) is 118 Å². The van der Waals surface area contributed by atoms with Crippen LogP contribution in [-0.4, -0.2) is 41.2 Å². The first kappa shape index (κ1) is 33.9. The number of nitrogens with one attached hydrogen (secondary N) is 2. The maximum atomic E-state index is 14.1. The molecule has 15 heteroatoms. The Hall–Kier alpha value is -4.27. The summed E-state index contributed by atoms with van der Waals surface area (Å²) >= 11 is 8.50. The van der Waals surface area contributed by atoms with Gasteiger partial charge in [0, 0.05) is 26.8 Å². The third-order valence-corrected chi connectivity index (χ3v) is 13.1. The number of H-pyrrole nitrogens is 1. The number of amides is 3. The molecule has 2 saturated carbocycles. The number of anilines is 2. The highest BCUT2D eigenvalue weighted by Crippen LogP contribution is 2.69. The first-order valence-corrected chi connectivity index (χ1v) is 18.4. The molecule has 2 N–H and O–H groups in total. The van der Waals surface area contributed by atoms with Gasteiger partial charge < -0.3 is 19.8 Å². The maximum Gasteiger partial charge on any atom is 0.418 e. The van der Waals surface area contributed by atoms with Gasteiger partial charge in [-0.3, -0.25) is 19.2 Å². The van der Waals surface area contributed by atoms with Crippen molar-refractivity contribution in [1.82, 2.24) is 4.98 Å². The quantitative estimate of drug-likeness (QED) is 0.183. The molecule has 3 amide bonds. The van der Waals surface area contributed by atoms with E-state index in [0.29, 0.717) is 40.3 Å². The molecule has 51 heavy (non-hydrogen) atoms. The predicted molar refractivity (Wildman–Crippen MR) is 186 cm³/mol. The van der Waals surface area contributed by atoms with Crippen LogP contribution in [0, 0.1) is 29.6 Å². The molecule has 0 radical (unpaired) electrons. The molecule has 264 valence electrons. The van der Waals surface area contributed by atoms with Crippen LogP contribution in [0.3, 0.4) is 0 Å². The van der Waals surface area contributed by atoms with Crippen LogP contribution < -0.4 is 24.6 Å². The van der Waals surface area contributed by atoms with Gasteiger partial charge >= 0.3 is 11.0 Å². The van der Waals surface area contributed by atoms with Crippen molar-refractivity contribution in [3.05, 3.63) is 97.4 Å². The Labute approximate surface area is 302 Å². The summed E-state index contributed by atoms with van der Waals surface area (Å²) in [5.41, 5.74) is -0.120. The minimum atomic E-state index is -4.75. The van der Waals surface area contributed by atoms with Crippen molar-refractivity contribution < 1.29 is 37.0 Å². The zero-order chi connectivity index (χ0) is 35.8. The van der Waals surface area contributed by atoms with E-state index in [0.717, 1.165) is 32.7 Å². The van der Waals surface area contributed by atoms with Gasteiger partial charge in [-0.15, -0.1) is 11.8 Å². The van der Waals surface area contributed by atoms with Gasteiger partial charge in [0.15, 0.2) is 18.1 Å². The maximum absolute atomic E-state index is 14.1. The summed E-state index contributed by atoms with van der Waals surface area (Å²) in [6.07, 6.45) is -4.18. The van der Waals surface area contributed by atoms with Crippen molar-refractivity contribution in [2.75, 3.05) is 23.4 Å². The Morgan fingerprint density at radius 1 is 0.980 bits per heavy atom. The molecule has 8 rings (SSSR count). The molecule has 2 aliphatic heterocycles. The van der Waals surface area contributed by atoms with Crippen LogP contribution in [0.4, 0.5) is 24.5 Å². The Morgan fingerprint density at radius 2 is 1.71 bits per heavy atom. The lowest BCUT2D eigenvalue weighted by molar-refractivity contribution is -0.137. The lowest BCUT2D eigenvalue weighted by Gasteiger charge is -2.43. The highest BCUT2D eigenvalue weighted by molar-refractivity contribution is 8.00. The Morgan fingerprint density at radius 3 is 2.43 bits per heavy atom. The lowest BCUT2D eigenvalue weighted by atomic mass is 9.68. The molecule has 2 aliphatic carbocycles. The fraction of sp³-hybridized carbons (Fsp3) is 0.333. The number of aromatic amines is 1. The number of carbonyl (C=O) groups excluding carboxylic acids is 3. The summed E-state index contributed by atoms with van der Waals surface area (Å²) in [4.78, 5) is 57.7. The molecule has 4 aromatic rings. The van der Waals surface area contributed by atoms with Gasteiger partial charge in [-0.1, -0.05) is 41.1 Å². The zero-order valence-electron chi connectivity index (χ0n) is 26.7. The van der Waals surface area contributed by atoms with E-state index in [1.165, 1.54) is 30.0 Å². The number of halogens is 4. The number of carbonyl (C=O) groups is 3. The number of rotatable bonds is 8. The van der Waals surface area contributed by atoms with E-state index in [-0.39, 0.29) is 40.4 Å². The fourth-order valence-electron chi connectivity index (χ4n) is 8.52. The van der Waals surface area contributed by atoms with Crippen LogP contribution in [0.5, 0.6) is 11.5 Å². The van der Waals surface area contributed by atoms with Crippen LogP contribution >= 0.6 is 34.7 Å². The van der Waals surface area contributed by atoms with Crippen LogP contribution in [0.15, 0.2) is 76.6 Å². The van der Waals surface area contributed by atoms with Gasteiger partial charge in [0.05, 0.1) is 34.7 Å². The molecule has 3 aromatic carbocycles. The zero-order valence-corrected chi connectivity index (χ0v) is 29.1. The molecule has 7 atom stereocenters. The van der Waals surface area contributed by atoms with Crippen molar-refractivity contribution >= 4 is 63.8 Å². The first-order chi connectivity index (χ1) is 24.4. The highest BCUT2D eigenvalue weighted by Gasteiger charge is 2.70. The van der Waals surface area contributed by atoms with E-state index >= 15 is 0 Å². The molecule has 2 bridgehead atoms. The number of ether oxygens (including phenoxy) is 2. The Balaban J connectivity index is 1.11. The number of imide groups is 1. The van der Waals surface area contributed by atoms with E-state index < -0.39 is 47.0 Å². The largest absolute Gasteiger partial charge is 0.490 e.